The van der Waals surface area contributed by atoms with Crippen molar-refractivity contribution >= 4 is 50.1 Å². The second-order valence-corrected chi connectivity index (χ2v) is 4.20. The minimum absolute atomic E-state index is 0.244. The summed E-state index contributed by atoms with van der Waals surface area (Å²) in [6.07, 6.45) is -1.36. The molecule has 0 unspecified atom stereocenters. The Morgan fingerprint density at radius 3 is 2.67 bits per heavy atom. The quantitative estimate of drug-likeness (QED) is 0.682. The van der Waals surface area contributed by atoms with Gasteiger partial charge in [0.15, 0.2) is 0 Å². The summed E-state index contributed by atoms with van der Waals surface area (Å²) in [7, 11) is 0. The highest BCUT2D eigenvalue weighted by atomic mass is 127. The van der Waals surface area contributed by atoms with Gasteiger partial charge in [-0.1, -0.05) is 11.6 Å². The Hall–Kier alpha value is 0.510. The molecule has 0 N–H and O–H groups in total. The summed E-state index contributed by atoms with van der Waals surface area (Å²) in [6.45, 7) is 0. The van der Waals surface area contributed by atoms with E-state index in [4.69, 9.17) is 11.6 Å². The molecular weight excluding hydrogens is 366 g/mol. The number of hydrogen-bond acceptors (Lipinski definition) is 1. The summed E-state index contributed by atoms with van der Waals surface area (Å²) in [5, 5.41) is 0.337. The van der Waals surface area contributed by atoms with Crippen LogP contribution in [0, 0.1) is 3.57 Å². The molecule has 0 atom stereocenters. The van der Waals surface area contributed by atoms with Gasteiger partial charge < -0.3 is 0 Å². The molecule has 0 saturated heterocycles. The third-order valence-electron chi connectivity index (χ3n) is 1.15. The molecule has 0 aliphatic heterocycles. The lowest BCUT2D eigenvalue weighted by atomic mass is 10.4. The van der Waals surface area contributed by atoms with Crippen LogP contribution in [-0.2, 0) is 0 Å². The molecule has 0 spiro atoms. The fraction of sp³-hybridized carbons (Fsp3) is 0.167. The van der Waals surface area contributed by atoms with Gasteiger partial charge in [-0.25, -0.2) is 8.78 Å². The van der Waals surface area contributed by atoms with Gasteiger partial charge in [0.1, 0.15) is 5.69 Å². The molecule has 1 aromatic rings. The SMILES string of the molecule is FC(F)c1ncc(Cl)c(Br)c1I. The summed E-state index contributed by atoms with van der Waals surface area (Å²) in [6, 6.07) is 0. The van der Waals surface area contributed by atoms with Gasteiger partial charge in [0, 0.05) is 6.20 Å². The predicted octanol–water partition coefficient (Wildman–Crippen LogP) is 4.04. The number of alkyl halides is 2. The van der Waals surface area contributed by atoms with Crippen LogP contribution in [0.4, 0.5) is 8.78 Å². The molecule has 0 amide bonds. The second kappa shape index (κ2) is 4.15. The van der Waals surface area contributed by atoms with E-state index in [1.807, 2.05) is 0 Å². The maximum atomic E-state index is 12.2. The van der Waals surface area contributed by atoms with Crippen molar-refractivity contribution in [3.8, 4) is 0 Å². The lowest BCUT2D eigenvalue weighted by Gasteiger charge is -2.04. The molecule has 0 fully saturated rings. The highest BCUT2D eigenvalue weighted by molar-refractivity contribution is 14.1. The van der Waals surface area contributed by atoms with Crippen LogP contribution in [0.15, 0.2) is 10.7 Å². The number of halogens is 5. The van der Waals surface area contributed by atoms with Crippen molar-refractivity contribution in [1.82, 2.24) is 4.98 Å². The molecule has 66 valence electrons. The molecule has 1 nitrogen and oxygen atoms in total. The Balaban J connectivity index is 3.27. The Morgan fingerprint density at radius 1 is 1.58 bits per heavy atom. The zero-order valence-electron chi connectivity index (χ0n) is 5.49. The zero-order chi connectivity index (χ0) is 9.30. The van der Waals surface area contributed by atoms with Gasteiger partial charge in [-0.3, -0.25) is 4.98 Å². The minimum Gasteiger partial charge on any atom is -0.253 e. The molecule has 1 heterocycles. The average molecular weight is 368 g/mol. The van der Waals surface area contributed by atoms with E-state index < -0.39 is 6.43 Å². The Bertz CT molecular complexity index is 308. The zero-order valence-corrected chi connectivity index (χ0v) is 9.99. The largest absolute Gasteiger partial charge is 0.281 e. The first kappa shape index (κ1) is 10.6. The van der Waals surface area contributed by atoms with E-state index in [-0.39, 0.29) is 5.69 Å². The number of pyridine rings is 1. The fourth-order valence-electron chi connectivity index (χ4n) is 0.609. The molecule has 0 radical (unpaired) electrons. The van der Waals surface area contributed by atoms with Gasteiger partial charge in [0.25, 0.3) is 6.43 Å². The lowest BCUT2D eigenvalue weighted by molar-refractivity contribution is 0.145. The van der Waals surface area contributed by atoms with Crippen molar-refractivity contribution in [2.45, 2.75) is 6.43 Å². The van der Waals surface area contributed by atoms with Crippen LogP contribution in [0.5, 0.6) is 0 Å². The van der Waals surface area contributed by atoms with E-state index in [0.29, 0.717) is 13.1 Å². The Kier molecular flexibility index (Phi) is 3.66. The third-order valence-corrected chi connectivity index (χ3v) is 4.32. The van der Waals surface area contributed by atoms with Gasteiger partial charge in [-0.2, -0.15) is 0 Å². The molecule has 0 aromatic carbocycles. The van der Waals surface area contributed by atoms with Crippen molar-refractivity contribution in [3.05, 3.63) is 25.0 Å². The van der Waals surface area contributed by atoms with Gasteiger partial charge >= 0.3 is 0 Å². The molecule has 1 aromatic heterocycles. The van der Waals surface area contributed by atoms with Crippen LogP contribution >= 0.6 is 50.1 Å². The summed E-state index contributed by atoms with van der Waals surface area (Å²) >= 11 is 10.5. The summed E-state index contributed by atoms with van der Waals surface area (Å²) in [5.74, 6) is 0. The van der Waals surface area contributed by atoms with Gasteiger partial charge in [0.05, 0.1) is 13.1 Å². The standard InChI is InChI=1S/C6H2BrClF2IN/c7-3-2(8)1-12-5(4(3)11)6(9)10/h1,6H. The van der Waals surface area contributed by atoms with Gasteiger partial charge in [-0.05, 0) is 38.5 Å². The van der Waals surface area contributed by atoms with E-state index in [9.17, 15) is 8.78 Å². The predicted molar refractivity (Wildman–Crippen MR) is 54.6 cm³/mol. The second-order valence-electron chi connectivity index (χ2n) is 1.92. The smallest absolute Gasteiger partial charge is 0.253 e. The highest BCUT2D eigenvalue weighted by Gasteiger charge is 2.16. The Morgan fingerprint density at radius 2 is 2.17 bits per heavy atom. The van der Waals surface area contributed by atoms with E-state index >= 15 is 0 Å². The molecular formula is C6H2BrClF2IN. The monoisotopic (exact) mass is 367 g/mol. The molecule has 6 heteroatoms. The van der Waals surface area contributed by atoms with Crippen LogP contribution < -0.4 is 0 Å². The summed E-state index contributed by atoms with van der Waals surface area (Å²) in [4.78, 5) is 3.52. The first-order valence-corrected chi connectivity index (χ1v) is 5.06. The average Bonchev–Trinajstić information content (AvgIpc) is 2.00. The van der Waals surface area contributed by atoms with Crippen LogP contribution in [0.25, 0.3) is 0 Å². The first-order chi connectivity index (χ1) is 5.54. The maximum absolute atomic E-state index is 12.2. The summed E-state index contributed by atoms with van der Waals surface area (Å²) in [5.41, 5.74) is -0.244. The van der Waals surface area contributed by atoms with E-state index in [1.165, 1.54) is 6.20 Å². The Labute approximate surface area is 94.8 Å². The van der Waals surface area contributed by atoms with Crippen LogP contribution in [-0.4, -0.2) is 4.98 Å². The van der Waals surface area contributed by atoms with Gasteiger partial charge in [-0.15, -0.1) is 0 Å². The van der Waals surface area contributed by atoms with E-state index in [1.54, 1.807) is 22.6 Å². The summed E-state index contributed by atoms with van der Waals surface area (Å²) < 4.78 is 25.2. The first-order valence-electron chi connectivity index (χ1n) is 2.81. The highest BCUT2D eigenvalue weighted by Crippen LogP contribution is 2.32. The molecule has 12 heavy (non-hydrogen) atoms. The van der Waals surface area contributed by atoms with Crippen LogP contribution in [0.2, 0.25) is 5.02 Å². The molecule has 0 bridgehead atoms. The van der Waals surface area contributed by atoms with Crippen molar-refractivity contribution in [3.63, 3.8) is 0 Å². The number of nitrogens with zero attached hydrogens (tertiary/aromatic N) is 1. The van der Waals surface area contributed by atoms with Crippen LogP contribution in [0.1, 0.15) is 12.1 Å². The third kappa shape index (κ3) is 2.05. The van der Waals surface area contributed by atoms with Crippen LogP contribution in [0.3, 0.4) is 0 Å². The van der Waals surface area contributed by atoms with E-state index in [0.717, 1.165) is 0 Å². The minimum atomic E-state index is -2.56. The van der Waals surface area contributed by atoms with Crippen molar-refractivity contribution in [1.29, 1.82) is 0 Å². The van der Waals surface area contributed by atoms with Crippen molar-refractivity contribution < 1.29 is 8.78 Å². The maximum Gasteiger partial charge on any atom is 0.281 e. The van der Waals surface area contributed by atoms with Crippen molar-refractivity contribution in [2.75, 3.05) is 0 Å². The topological polar surface area (TPSA) is 12.9 Å². The van der Waals surface area contributed by atoms with Crippen molar-refractivity contribution in [2.24, 2.45) is 0 Å². The fourth-order valence-corrected chi connectivity index (χ4v) is 1.88. The lowest BCUT2D eigenvalue weighted by Crippen LogP contribution is -1.95. The normalized spacial score (nSPS) is 10.8. The molecule has 0 saturated carbocycles. The number of aromatic nitrogens is 1. The molecule has 1 rings (SSSR count). The van der Waals surface area contributed by atoms with E-state index in [2.05, 4.69) is 20.9 Å². The van der Waals surface area contributed by atoms with Gasteiger partial charge in [0.2, 0.25) is 0 Å². The molecule has 0 aliphatic carbocycles. The number of hydrogen-bond donors (Lipinski definition) is 0. The number of rotatable bonds is 1. The molecule has 0 aliphatic rings.